The van der Waals surface area contributed by atoms with E-state index in [4.69, 9.17) is 11.6 Å². The summed E-state index contributed by atoms with van der Waals surface area (Å²) < 4.78 is 0. The van der Waals surface area contributed by atoms with Crippen LogP contribution in [0.25, 0.3) is 0 Å². The third-order valence-electron chi connectivity index (χ3n) is 2.48. The van der Waals surface area contributed by atoms with Crippen molar-refractivity contribution in [2.75, 3.05) is 21.1 Å². The first kappa shape index (κ1) is 15.8. The summed E-state index contributed by atoms with van der Waals surface area (Å²) in [4.78, 5) is 2.00. The smallest absolute Gasteiger partial charge is 0.162 e. The highest BCUT2D eigenvalue weighted by atomic mass is 35.5. The lowest BCUT2D eigenvalue weighted by Gasteiger charge is -2.02. The van der Waals surface area contributed by atoms with Gasteiger partial charge in [-0.05, 0) is 39.1 Å². The van der Waals surface area contributed by atoms with Gasteiger partial charge in [0.2, 0.25) is 0 Å². The minimum atomic E-state index is 0.869. The number of hydrogen-bond acceptors (Lipinski definition) is 1. The number of rotatable bonds is 3. The summed E-state index contributed by atoms with van der Waals surface area (Å²) in [6.45, 7) is 0. The zero-order valence-corrected chi connectivity index (χ0v) is 12.7. The zero-order valence-electron chi connectivity index (χ0n) is 11.9. The second-order valence-electron chi connectivity index (χ2n) is 4.92. The molecule has 3 heteroatoms. The van der Waals surface area contributed by atoms with Crippen LogP contribution in [-0.4, -0.2) is 33.3 Å². The van der Waals surface area contributed by atoms with Crippen molar-refractivity contribution in [3.8, 4) is 0 Å². The molecule has 19 heavy (non-hydrogen) atoms. The van der Waals surface area contributed by atoms with Crippen LogP contribution >= 0.6 is 11.6 Å². The van der Waals surface area contributed by atoms with Gasteiger partial charge in [-0.15, -0.1) is 0 Å². The van der Waals surface area contributed by atoms with Crippen molar-refractivity contribution < 1.29 is 0 Å². The van der Waals surface area contributed by atoms with E-state index in [1.165, 1.54) is 11.0 Å². The highest BCUT2D eigenvalue weighted by Crippen LogP contribution is 2.14. The van der Waals surface area contributed by atoms with Gasteiger partial charge >= 0.3 is 0 Å². The van der Waals surface area contributed by atoms with E-state index in [2.05, 4.69) is 30.3 Å². The molecule has 0 N–H and O–H groups in total. The van der Waals surface area contributed by atoms with E-state index in [9.17, 15) is 0 Å². The van der Waals surface area contributed by atoms with Crippen LogP contribution in [0, 0.1) is 0 Å². The molecule has 0 fully saturated rings. The van der Waals surface area contributed by atoms with Gasteiger partial charge in [-0.3, -0.25) is 0 Å². The predicted molar refractivity (Wildman–Crippen MR) is 88.0 cm³/mol. The molecule has 2 aromatic rings. The van der Waals surface area contributed by atoms with Gasteiger partial charge < -0.3 is 4.90 Å². The third kappa shape index (κ3) is 7.04. The molecule has 0 atom stereocenters. The fourth-order valence-electron chi connectivity index (χ4n) is 1.62. The number of hydrogen-bond donors (Lipinski definition) is 0. The molecule has 0 saturated heterocycles. The quantitative estimate of drug-likeness (QED) is 0.778. The van der Waals surface area contributed by atoms with Crippen molar-refractivity contribution >= 4 is 24.3 Å². The lowest BCUT2D eigenvalue weighted by molar-refractivity contribution is 0.505. The maximum atomic E-state index is 6.09. The highest BCUT2D eigenvalue weighted by Gasteiger charge is 2.00. The summed E-state index contributed by atoms with van der Waals surface area (Å²) in [6.07, 6.45) is 1.00. The Morgan fingerprint density at radius 3 is 2.00 bits per heavy atom. The molecule has 0 aromatic heterocycles. The van der Waals surface area contributed by atoms with Crippen molar-refractivity contribution in [3.63, 3.8) is 0 Å². The summed E-state index contributed by atoms with van der Waals surface area (Å²) in [5.74, 6) is 0. The molecule has 0 radical (unpaired) electrons. The molecule has 0 saturated carbocycles. The van der Waals surface area contributed by atoms with E-state index in [-0.39, 0.29) is 0 Å². The van der Waals surface area contributed by atoms with Crippen molar-refractivity contribution in [3.05, 3.63) is 65.2 Å². The van der Waals surface area contributed by atoms with Crippen LogP contribution in [0.1, 0.15) is 5.56 Å². The van der Waals surface area contributed by atoms with Crippen LogP contribution in [0.15, 0.2) is 54.6 Å². The van der Waals surface area contributed by atoms with E-state index in [1.54, 1.807) is 0 Å². The number of benzene rings is 2. The normalized spacial score (nSPS) is 9.74. The summed E-state index contributed by atoms with van der Waals surface area (Å²) >= 11 is 6.09. The van der Waals surface area contributed by atoms with Crippen LogP contribution in [0.5, 0.6) is 0 Å². The lowest BCUT2D eigenvalue weighted by Crippen LogP contribution is -2.15. The summed E-state index contributed by atoms with van der Waals surface area (Å²) in [5.41, 5.74) is 2.58. The molecule has 0 aliphatic rings. The SMILES string of the molecule is CN(C)C.Clc1ccccc1CBc1ccccc1. The molecule has 2 aromatic carbocycles. The van der Waals surface area contributed by atoms with Crippen molar-refractivity contribution in [2.24, 2.45) is 0 Å². The van der Waals surface area contributed by atoms with Crippen LogP contribution in [0.3, 0.4) is 0 Å². The Kier molecular flexibility index (Phi) is 7.31. The van der Waals surface area contributed by atoms with Gasteiger partial charge in [-0.2, -0.15) is 0 Å². The van der Waals surface area contributed by atoms with Gasteiger partial charge in [-0.1, -0.05) is 65.6 Å². The van der Waals surface area contributed by atoms with Gasteiger partial charge in [-0.25, -0.2) is 0 Å². The second kappa shape index (κ2) is 8.79. The van der Waals surface area contributed by atoms with Crippen molar-refractivity contribution in [1.29, 1.82) is 0 Å². The molecular weight excluding hydrogens is 252 g/mol. The molecule has 0 spiro atoms. The molecule has 0 aliphatic heterocycles. The fraction of sp³-hybridized carbons (Fsp3) is 0.250. The number of halogens is 1. The molecule has 0 aliphatic carbocycles. The fourth-order valence-corrected chi connectivity index (χ4v) is 1.86. The van der Waals surface area contributed by atoms with Crippen LogP contribution < -0.4 is 5.46 Å². The largest absolute Gasteiger partial charge is 0.312 e. The summed E-state index contributed by atoms with van der Waals surface area (Å²) in [7, 11) is 7.05. The second-order valence-corrected chi connectivity index (χ2v) is 5.33. The average molecular weight is 274 g/mol. The first-order valence-electron chi connectivity index (χ1n) is 6.48. The minimum Gasteiger partial charge on any atom is -0.312 e. The molecule has 0 amide bonds. The maximum absolute atomic E-state index is 6.09. The Morgan fingerprint density at radius 2 is 1.42 bits per heavy atom. The topological polar surface area (TPSA) is 3.24 Å². The zero-order chi connectivity index (χ0) is 14.1. The molecule has 100 valence electrons. The maximum Gasteiger partial charge on any atom is 0.162 e. The van der Waals surface area contributed by atoms with E-state index >= 15 is 0 Å². The minimum absolute atomic E-state index is 0.869. The molecule has 0 bridgehead atoms. The van der Waals surface area contributed by atoms with E-state index in [0.29, 0.717) is 0 Å². The molecule has 2 rings (SSSR count). The van der Waals surface area contributed by atoms with Gasteiger partial charge in [0.1, 0.15) is 0 Å². The Labute approximate surface area is 122 Å². The van der Waals surface area contributed by atoms with Gasteiger partial charge in [0, 0.05) is 5.02 Å². The van der Waals surface area contributed by atoms with Gasteiger partial charge in [0.15, 0.2) is 7.28 Å². The van der Waals surface area contributed by atoms with Crippen LogP contribution in [0.2, 0.25) is 5.02 Å². The average Bonchev–Trinajstić information content (AvgIpc) is 2.38. The standard InChI is InChI=1S/C13H12BCl.C3H9N/c15-13-9-5-4-6-11(13)10-14-12-7-2-1-3-8-12;1-4(2)3/h1-9,14H,10H2;1-3H3. The van der Waals surface area contributed by atoms with Crippen LogP contribution in [0.4, 0.5) is 0 Å². The Bertz CT molecular complexity index is 468. The molecule has 0 heterocycles. The van der Waals surface area contributed by atoms with Crippen molar-refractivity contribution in [2.45, 2.75) is 6.32 Å². The van der Waals surface area contributed by atoms with E-state index < -0.39 is 0 Å². The summed E-state index contributed by atoms with van der Waals surface area (Å²) in [5, 5.41) is 0.869. The summed E-state index contributed by atoms with van der Waals surface area (Å²) in [6, 6.07) is 18.5. The Morgan fingerprint density at radius 1 is 0.895 bits per heavy atom. The molecule has 1 nitrogen and oxygen atoms in total. The Hall–Kier alpha value is -1.25. The van der Waals surface area contributed by atoms with Crippen molar-refractivity contribution in [1.82, 2.24) is 4.90 Å². The van der Waals surface area contributed by atoms with Gasteiger partial charge in [0.25, 0.3) is 0 Å². The highest BCUT2D eigenvalue weighted by molar-refractivity contribution is 6.53. The number of nitrogens with zero attached hydrogens (tertiary/aromatic N) is 1. The lowest BCUT2D eigenvalue weighted by atomic mass is 9.65. The Balaban J connectivity index is 0.000000399. The molecule has 0 unspecified atom stereocenters. The van der Waals surface area contributed by atoms with Crippen LogP contribution in [-0.2, 0) is 6.32 Å². The predicted octanol–water partition coefficient (Wildman–Crippen LogP) is 2.78. The van der Waals surface area contributed by atoms with Gasteiger partial charge in [0.05, 0.1) is 0 Å². The monoisotopic (exact) mass is 273 g/mol. The van der Waals surface area contributed by atoms with E-state index in [1.807, 2.05) is 50.3 Å². The third-order valence-corrected chi connectivity index (χ3v) is 2.85. The van der Waals surface area contributed by atoms with E-state index in [0.717, 1.165) is 18.6 Å². The molecular formula is C16H21BClN. The first-order valence-corrected chi connectivity index (χ1v) is 6.85. The first-order chi connectivity index (χ1) is 9.09.